The maximum absolute atomic E-state index is 11.2. The number of aliphatic hydroxyl groups excluding tert-OH is 1. The lowest BCUT2D eigenvalue weighted by Crippen LogP contribution is -1.97. The van der Waals surface area contributed by atoms with E-state index in [1.165, 1.54) is 57.3 Å². The number of pyridine rings is 2. The van der Waals surface area contributed by atoms with Crippen molar-refractivity contribution in [3.05, 3.63) is 215 Å². The molecule has 0 amide bonds. The molecule has 0 atom stereocenters. The molecule has 2 heterocycles. The molecule has 4 heteroatoms. The summed E-state index contributed by atoms with van der Waals surface area (Å²) in [7, 11) is 0. The molecule has 0 aliphatic rings. The fraction of sp³-hybridized carbons (Fsp3) is 0.182. The Kier molecular flexibility index (Phi) is 12.4. The summed E-state index contributed by atoms with van der Waals surface area (Å²) in [5.74, 6) is 0.0386. The van der Waals surface area contributed by atoms with Crippen LogP contribution in [0.2, 0.25) is 0 Å². The van der Waals surface area contributed by atoms with Crippen molar-refractivity contribution >= 4 is 27.6 Å². The van der Waals surface area contributed by atoms with Gasteiger partial charge in [0.15, 0.2) is 5.78 Å². The van der Waals surface area contributed by atoms with Crippen LogP contribution in [0.1, 0.15) is 58.7 Å². The van der Waals surface area contributed by atoms with E-state index in [1.54, 1.807) is 0 Å². The van der Waals surface area contributed by atoms with Gasteiger partial charge >= 0.3 is 0 Å². The van der Waals surface area contributed by atoms with Crippen molar-refractivity contribution in [2.75, 3.05) is 0 Å². The number of aliphatic hydroxyl groups is 1. The van der Waals surface area contributed by atoms with Crippen molar-refractivity contribution in [1.82, 2.24) is 9.97 Å². The minimum absolute atomic E-state index is 0.121. The Morgan fingerprint density at radius 1 is 0.492 bits per heavy atom. The maximum atomic E-state index is 11.2. The van der Waals surface area contributed by atoms with Gasteiger partial charge in [0.25, 0.3) is 0 Å². The molecule has 4 nitrogen and oxygen atoms in total. The summed E-state index contributed by atoms with van der Waals surface area (Å²) in [5.41, 5.74) is 15.6. The van der Waals surface area contributed by atoms with Crippen LogP contribution in [0.15, 0.2) is 176 Å². The van der Waals surface area contributed by atoms with E-state index in [0.29, 0.717) is 6.42 Å². The fourth-order valence-corrected chi connectivity index (χ4v) is 7.98. The molecule has 0 aliphatic carbocycles. The molecular weight excluding hydrogens is 721 g/mol. The number of benzene rings is 6. The quantitative estimate of drug-likeness (QED) is 0.0785. The van der Waals surface area contributed by atoms with Gasteiger partial charge in [-0.05, 0) is 134 Å². The number of ketones is 1. The minimum Gasteiger partial charge on any atom is -0.512 e. The van der Waals surface area contributed by atoms with Crippen LogP contribution in [0, 0.1) is 0 Å². The lowest BCUT2D eigenvalue weighted by atomic mass is 9.96. The summed E-state index contributed by atoms with van der Waals surface area (Å²) >= 11 is 0. The molecule has 0 saturated heterocycles. The minimum atomic E-state index is -0.121. The topological polar surface area (TPSA) is 63.1 Å². The van der Waals surface area contributed by atoms with Crippen molar-refractivity contribution in [2.45, 2.75) is 64.7 Å². The predicted molar refractivity (Wildman–Crippen MR) is 244 cm³/mol. The Hall–Kier alpha value is -6.65. The largest absolute Gasteiger partial charge is 0.512 e. The molecule has 0 fully saturated rings. The Bertz CT molecular complexity index is 2730. The van der Waals surface area contributed by atoms with Crippen LogP contribution in [0.4, 0.5) is 0 Å². The number of hydrogen-bond acceptors (Lipinski definition) is 4. The number of para-hydroxylation sites is 2. The van der Waals surface area contributed by atoms with Crippen LogP contribution in [0.25, 0.3) is 44.3 Å². The zero-order valence-electron chi connectivity index (χ0n) is 33.8. The second kappa shape index (κ2) is 18.7. The first-order valence-corrected chi connectivity index (χ1v) is 20.9. The van der Waals surface area contributed by atoms with Crippen LogP contribution < -0.4 is 0 Å². The van der Waals surface area contributed by atoms with Gasteiger partial charge in [-0.25, -0.2) is 9.97 Å². The first-order chi connectivity index (χ1) is 28.9. The first kappa shape index (κ1) is 39.2. The Morgan fingerprint density at radius 3 is 1.66 bits per heavy atom. The van der Waals surface area contributed by atoms with E-state index in [4.69, 9.17) is 9.97 Å². The molecule has 0 bridgehead atoms. The Balaban J connectivity index is 0.869. The van der Waals surface area contributed by atoms with Gasteiger partial charge in [0.2, 0.25) is 0 Å². The number of hydrogen-bond donors (Lipinski definition) is 1. The molecule has 8 aromatic rings. The summed E-state index contributed by atoms with van der Waals surface area (Å²) < 4.78 is 0. The second-order valence-electron chi connectivity index (χ2n) is 15.7. The van der Waals surface area contributed by atoms with E-state index < -0.39 is 0 Å². The van der Waals surface area contributed by atoms with Crippen molar-refractivity contribution in [1.29, 1.82) is 0 Å². The molecule has 2 aromatic heterocycles. The predicted octanol–water partition coefficient (Wildman–Crippen LogP) is 12.8. The first-order valence-electron chi connectivity index (χ1n) is 20.9. The third-order valence-corrected chi connectivity index (χ3v) is 11.2. The van der Waals surface area contributed by atoms with Crippen molar-refractivity contribution in [3.63, 3.8) is 0 Å². The van der Waals surface area contributed by atoms with E-state index in [0.717, 1.165) is 90.3 Å². The van der Waals surface area contributed by atoms with Crippen LogP contribution in [0.3, 0.4) is 0 Å². The third kappa shape index (κ3) is 10.5. The molecule has 0 unspecified atom stereocenters. The molecule has 59 heavy (non-hydrogen) atoms. The van der Waals surface area contributed by atoms with Gasteiger partial charge in [-0.15, -0.1) is 0 Å². The number of aryl methyl sites for hydroxylation is 7. The lowest BCUT2D eigenvalue weighted by Gasteiger charge is -2.12. The third-order valence-electron chi connectivity index (χ3n) is 11.2. The van der Waals surface area contributed by atoms with E-state index in [1.807, 2.05) is 6.07 Å². The van der Waals surface area contributed by atoms with Gasteiger partial charge in [0, 0.05) is 34.4 Å². The fourth-order valence-electron chi connectivity index (χ4n) is 7.98. The highest BCUT2D eigenvalue weighted by molar-refractivity contribution is 5.87. The van der Waals surface area contributed by atoms with Crippen molar-refractivity contribution in [3.8, 4) is 22.5 Å². The number of nitrogens with zero attached hydrogens (tertiary/aromatic N) is 2. The molecule has 0 spiro atoms. The number of carbonyl (C=O) groups is 1. The number of allylic oxidation sites excluding steroid dienone is 2. The highest BCUT2D eigenvalue weighted by Crippen LogP contribution is 2.28. The highest BCUT2D eigenvalue weighted by Gasteiger charge is 2.10. The van der Waals surface area contributed by atoms with Crippen LogP contribution in [-0.4, -0.2) is 20.9 Å². The number of aromatic nitrogens is 2. The molecule has 6 aromatic carbocycles. The van der Waals surface area contributed by atoms with Gasteiger partial charge in [-0.2, -0.15) is 0 Å². The maximum Gasteiger partial charge on any atom is 0.155 e. The van der Waals surface area contributed by atoms with Crippen LogP contribution in [-0.2, 0) is 49.7 Å². The Labute approximate surface area is 348 Å². The summed E-state index contributed by atoms with van der Waals surface area (Å²) in [6.45, 7) is 1.46. The standard InChI is InChI=1S/C55H50N2O2/c1-39(58)35-50(59)15-8-9-40-19-21-43(22-20-40)31-32-47-38-55(57-54-18-5-3-16-51(47)54)49-14-7-11-45(37-49)30-28-42-25-23-41(24-26-42)27-29-44-10-6-13-48(36-44)53-34-33-46-12-2-4-17-52(46)56-53/h2-7,10-14,16-26,33-38,59H,8-9,15,27-32H2,1H3. The number of fused-ring (bicyclic) bond motifs is 2. The SMILES string of the molecule is CC(=O)C=C(O)CCCc1ccc(CCc2cc(-c3cccc(CCc4ccc(CCc5cccc(-c6ccc7ccccc7n6)c5)cc4)c3)nc3ccccc23)cc1. The Morgan fingerprint density at radius 2 is 1.02 bits per heavy atom. The average Bonchev–Trinajstić information content (AvgIpc) is 3.27. The van der Waals surface area contributed by atoms with Gasteiger partial charge in [0.1, 0.15) is 0 Å². The van der Waals surface area contributed by atoms with Crippen LogP contribution in [0.5, 0.6) is 0 Å². The second-order valence-corrected chi connectivity index (χ2v) is 15.7. The molecule has 1 N–H and O–H groups in total. The zero-order valence-corrected chi connectivity index (χ0v) is 33.8. The summed E-state index contributed by atoms with van der Waals surface area (Å²) in [5, 5.41) is 12.3. The van der Waals surface area contributed by atoms with E-state index >= 15 is 0 Å². The van der Waals surface area contributed by atoms with Gasteiger partial charge in [-0.1, -0.05) is 127 Å². The molecule has 0 saturated carbocycles. The van der Waals surface area contributed by atoms with E-state index in [2.05, 4.69) is 158 Å². The van der Waals surface area contributed by atoms with Crippen LogP contribution >= 0.6 is 0 Å². The average molecular weight is 771 g/mol. The van der Waals surface area contributed by atoms with Crippen molar-refractivity contribution < 1.29 is 9.90 Å². The number of carbonyl (C=O) groups excluding carboxylic acids is 1. The molecular formula is C55H50N2O2. The van der Waals surface area contributed by atoms with Crippen molar-refractivity contribution in [2.24, 2.45) is 0 Å². The van der Waals surface area contributed by atoms with Gasteiger partial charge in [0.05, 0.1) is 28.2 Å². The highest BCUT2D eigenvalue weighted by atomic mass is 16.3. The normalized spacial score (nSPS) is 11.6. The van der Waals surface area contributed by atoms with E-state index in [-0.39, 0.29) is 11.5 Å². The summed E-state index contributed by atoms with van der Waals surface area (Å²) in [4.78, 5) is 21.2. The van der Waals surface area contributed by atoms with Gasteiger partial charge in [-0.3, -0.25) is 4.79 Å². The van der Waals surface area contributed by atoms with Gasteiger partial charge < -0.3 is 5.11 Å². The number of rotatable bonds is 16. The molecule has 0 aliphatic heterocycles. The van der Waals surface area contributed by atoms with E-state index in [9.17, 15) is 9.90 Å². The molecule has 0 radical (unpaired) electrons. The lowest BCUT2D eigenvalue weighted by molar-refractivity contribution is -0.112. The molecule has 292 valence electrons. The summed E-state index contributed by atoms with van der Waals surface area (Å²) in [6.07, 6.45) is 9.29. The summed E-state index contributed by atoms with van der Waals surface area (Å²) in [6, 6.07) is 59.0. The zero-order chi connectivity index (χ0) is 40.4. The molecule has 8 rings (SSSR count). The monoisotopic (exact) mass is 770 g/mol. The smallest absolute Gasteiger partial charge is 0.155 e.